The first-order valence-corrected chi connectivity index (χ1v) is 11.1. The topological polar surface area (TPSA) is 146 Å². The van der Waals surface area contributed by atoms with Gasteiger partial charge >= 0.3 is 11.7 Å². The van der Waals surface area contributed by atoms with Crippen LogP contribution in [0.2, 0.25) is 5.02 Å². The second-order valence-corrected chi connectivity index (χ2v) is 9.00. The SMILES string of the molecule is Cc1ccc(NC(=O)N2C[C@@H]3C[C@H]2c2c(O)n(-c4ccc(C#N)c(Cl)c4C)c(=O)n23)cc1[N+](=O)[O-]. The first kappa shape index (κ1) is 22.5. The highest BCUT2D eigenvalue weighted by Gasteiger charge is 2.49. The predicted molar refractivity (Wildman–Crippen MR) is 126 cm³/mol. The second-order valence-electron chi connectivity index (χ2n) is 8.63. The first-order chi connectivity index (χ1) is 16.6. The zero-order valence-corrected chi connectivity index (χ0v) is 19.4. The van der Waals surface area contributed by atoms with Crippen LogP contribution in [-0.2, 0) is 0 Å². The molecule has 0 unspecified atom stereocenters. The number of nitriles is 1. The molecule has 0 aliphatic carbocycles. The molecule has 0 radical (unpaired) electrons. The summed E-state index contributed by atoms with van der Waals surface area (Å²) < 4.78 is 2.63. The molecule has 2 aliphatic rings. The molecule has 2 atom stereocenters. The molecule has 2 aliphatic heterocycles. The van der Waals surface area contributed by atoms with Gasteiger partial charge in [0.2, 0.25) is 5.88 Å². The van der Waals surface area contributed by atoms with E-state index in [4.69, 9.17) is 11.6 Å². The Hall–Kier alpha value is -4.30. The highest BCUT2D eigenvalue weighted by atomic mass is 35.5. The molecule has 35 heavy (non-hydrogen) atoms. The molecular formula is C23H19ClN6O5. The molecule has 3 aromatic rings. The summed E-state index contributed by atoms with van der Waals surface area (Å²) in [6, 6.07) is 8.07. The average Bonchev–Trinajstić information content (AvgIpc) is 3.48. The van der Waals surface area contributed by atoms with E-state index in [0.717, 1.165) is 4.57 Å². The van der Waals surface area contributed by atoms with Gasteiger partial charge in [-0.25, -0.2) is 14.2 Å². The molecule has 1 saturated heterocycles. The van der Waals surface area contributed by atoms with Crippen LogP contribution in [0, 0.1) is 35.3 Å². The number of benzene rings is 2. The molecule has 178 valence electrons. The van der Waals surface area contributed by atoms with Crippen LogP contribution in [0.4, 0.5) is 16.2 Å². The molecule has 2 bridgehead atoms. The zero-order chi connectivity index (χ0) is 25.2. The smallest absolute Gasteiger partial charge is 0.336 e. The number of rotatable bonds is 3. The molecule has 11 nitrogen and oxygen atoms in total. The summed E-state index contributed by atoms with van der Waals surface area (Å²) in [6.45, 7) is 3.51. The van der Waals surface area contributed by atoms with Gasteiger partial charge in [-0.05, 0) is 44.0 Å². The lowest BCUT2D eigenvalue weighted by molar-refractivity contribution is -0.385. The fourth-order valence-electron chi connectivity index (χ4n) is 4.97. The van der Waals surface area contributed by atoms with Crippen molar-refractivity contribution in [2.45, 2.75) is 32.4 Å². The Morgan fingerprint density at radius 1 is 1.31 bits per heavy atom. The van der Waals surface area contributed by atoms with Gasteiger partial charge in [-0.2, -0.15) is 5.26 Å². The standard InChI is InChI=1S/C23H19ClN6O5/c1-11-3-5-14(7-17(11)30(34)35)26-22(32)27-10-15-8-18(27)20-21(31)29(23(33)28(15)20)16-6-4-13(9-25)19(24)12(16)2/h3-7,15,18,31H,8,10H2,1-2H3,(H,26,32)/t15-,18-/m0/s1. The summed E-state index contributed by atoms with van der Waals surface area (Å²) in [5, 5.41) is 34.4. The summed E-state index contributed by atoms with van der Waals surface area (Å²) in [4.78, 5) is 38.5. The van der Waals surface area contributed by atoms with E-state index in [2.05, 4.69) is 5.32 Å². The van der Waals surface area contributed by atoms with Crippen LogP contribution < -0.4 is 11.0 Å². The van der Waals surface area contributed by atoms with Gasteiger partial charge in [0.25, 0.3) is 5.69 Å². The van der Waals surface area contributed by atoms with Gasteiger partial charge in [0, 0.05) is 23.9 Å². The highest BCUT2D eigenvalue weighted by molar-refractivity contribution is 6.32. The fourth-order valence-corrected chi connectivity index (χ4v) is 5.17. The van der Waals surface area contributed by atoms with Gasteiger partial charge in [0.15, 0.2) is 0 Å². The minimum Gasteiger partial charge on any atom is -0.493 e. The number of nitro benzene ring substituents is 1. The maximum atomic E-state index is 13.3. The van der Waals surface area contributed by atoms with Crippen LogP contribution in [0.1, 0.15) is 40.9 Å². The number of nitrogens with one attached hydrogen (secondary N) is 1. The van der Waals surface area contributed by atoms with E-state index in [-0.39, 0.29) is 40.4 Å². The number of amides is 2. The second kappa shape index (κ2) is 7.89. The highest BCUT2D eigenvalue weighted by Crippen LogP contribution is 2.49. The Bertz CT molecular complexity index is 1530. The summed E-state index contributed by atoms with van der Waals surface area (Å²) >= 11 is 6.27. The lowest BCUT2D eigenvalue weighted by Crippen LogP contribution is -2.40. The summed E-state index contributed by atoms with van der Waals surface area (Å²) in [5.74, 6) is -0.296. The van der Waals surface area contributed by atoms with Crippen molar-refractivity contribution < 1.29 is 14.8 Å². The Morgan fingerprint density at radius 3 is 2.74 bits per heavy atom. The molecule has 1 aromatic heterocycles. The number of nitrogens with zero attached hydrogens (tertiary/aromatic N) is 5. The van der Waals surface area contributed by atoms with Crippen molar-refractivity contribution >= 4 is 29.0 Å². The lowest BCUT2D eigenvalue weighted by Gasteiger charge is -2.27. The van der Waals surface area contributed by atoms with Crippen molar-refractivity contribution in [3.8, 4) is 17.6 Å². The molecule has 2 N–H and O–H groups in total. The van der Waals surface area contributed by atoms with Gasteiger partial charge in [-0.3, -0.25) is 14.7 Å². The van der Waals surface area contributed by atoms with Crippen molar-refractivity contribution in [2.75, 3.05) is 11.9 Å². The number of nitro groups is 1. The van der Waals surface area contributed by atoms with E-state index in [0.29, 0.717) is 28.9 Å². The number of fused-ring (bicyclic) bond motifs is 5. The third kappa shape index (κ3) is 3.25. The number of carbonyl (C=O) groups excluding carboxylic acids is 1. The number of aryl methyl sites for hydroxylation is 1. The van der Waals surface area contributed by atoms with Crippen molar-refractivity contribution in [3.05, 3.63) is 78.3 Å². The van der Waals surface area contributed by atoms with Crippen LogP contribution in [0.5, 0.6) is 5.88 Å². The first-order valence-electron chi connectivity index (χ1n) is 10.7. The minimum absolute atomic E-state index is 0.106. The Kier molecular flexibility index (Phi) is 5.07. The quantitative estimate of drug-likeness (QED) is 0.416. The summed E-state index contributed by atoms with van der Waals surface area (Å²) in [6.07, 6.45) is 0.466. The summed E-state index contributed by atoms with van der Waals surface area (Å²) in [5.41, 5.74) is 1.58. The number of imidazole rings is 1. The number of urea groups is 1. The van der Waals surface area contributed by atoms with Crippen molar-refractivity contribution in [1.29, 1.82) is 5.26 Å². The monoisotopic (exact) mass is 494 g/mol. The third-order valence-corrected chi connectivity index (χ3v) is 7.18. The number of halogens is 1. The van der Waals surface area contributed by atoms with E-state index in [1.54, 1.807) is 32.0 Å². The van der Waals surface area contributed by atoms with Crippen LogP contribution >= 0.6 is 11.6 Å². The fraction of sp³-hybridized carbons (Fsp3) is 0.261. The van der Waals surface area contributed by atoms with Gasteiger partial charge < -0.3 is 15.3 Å². The molecule has 1 fully saturated rings. The number of hydrogen-bond acceptors (Lipinski definition) is 6. The number of anilines is 1. The number of likely N-dealkylation sites (tertiary alicyclic amines) is 1. The number of carbonyl (C=O) groups is 1. The van der Waals surface area contributed by atoms with Crippen LogP contribution in [0.15, 0.2) is 35.1 Å². The minimum atomic E-state index is -0.552. The van der Waals surface area contributed by atoms with Gasteiger partial charge in [0.1, 0.15) is 11.8 Å². The molecule has 0 saturated carbocycles. The van der Waals surface area contributed by atoms with Crippen molar-refractivity contribution in [2.24, 2.45) is 0 Å². The number of aromatic hydroxyl groups is 1. The van der Waals surface area contributed by atoms with E-state index < -0.39 is 22.7 Å². The molecule has 2 amide bonds. The summed E-state index contributed by atoms with van der Waals surface area (Å²) in [7, 11) is 0. The van der Waals surface area contributed by atoms with E-state index >= 15 is 0 Å². The van der Waals surface area contributed by atoms with Gasteiger partial charge in [-0.15, -0.1) is 0 Å². The normalized spacial score (nSPS) is 17.8. The largest absolute Gasteiger partial charge is 0.493 e. The predicted octanol–water partition coefficient (Wildman–Crippen LogP) is 3.93. The molecule has 12 heteroatoms. The maximum Gasteiger partial charge on any atom is 0.336 e. The zero-order valence-electron chi connectivity index (χ0n) is 18.6. The number of aromatic nitrogens is 2. The lowest BCUT2D eigenvalue weighted by atomic mass is 10.1. The molecule has 0 spiro atoms. The third-order valence-electron chi connectivity index (χ3n) is 6.69. The van der Waals surface area contributed by atoms with E-state index in [1.807, 2.05) is 6.07 Å². The molecular weight excluding hydrogens is 476 g/mol. The Morgan fingerprint density at radius 2 is 2.06 bits per heavy atom. The van der Waals surface area contributed by atoms with Crippen molar-refractivity contribution in [3.63, 3.8) is 0 Å². The van der Waals surface area contributed by atoms with Crippen LogP contribution in [0.3, 0.4) is 0 Å². The average molecular weight is 495 g/mol. The van der Waals surface area contributed by atoms with Crippen LogP contribution in [0.25, 0.3) is 5.69 Å². The molecule has 3 heterocycles. The number of hydrogen-bond donors (Lipinski definition) is 2. The van der Waals surface area contributed by atoms with Gasteiger partial charge in [0.05, 0.1) is 33.3 Å². The van der Waals surface area contributed by atoms with E-state index in [1.165, 1.54) is 21.6 Å². The molecule has 5 rings (SSSR count). The van der Waals surface area contributed by atoms with Crippen LogP contribution in [-0.4, -0.2) is 36.6 Å². The Balaban J connectivity index is 1.48. The van der Waals surface area contributed by atoms with Gasteiger partial charge in [-0.1, -0.05) is 17.7 Å². The maximum absolute atomic E-state index is 13.3. The van der Waals surface area contributed by atoms with E-state index in [9.17, 15) is 30.1 Å². The molecule has 2 aromatic carbocycles. The Labute approximate surface area is 203 Å². The van der Waals surface area contributed by atoms with Crippen molar-refractivity contribution in [1.82, 2.24) is 14.0 Å².